The molecular formula is C18H26N2S. The van der Waals surface area contributed by atoms with Gasteiger partial charge in [-0.25, -0.2) is 0 Å². The van der Waals surface area contributed by atoms with Crippen LogP contribution in [-0.4, -0.2) is 13.6 Å². The Morgan fingerprint density at radius 2 is 2.10 bits per heavy atom. The fourth-order valence-corrected chi connectivity index (χ4v) is 3.39. The van der Waals surface area contributed by atoms with Crippen molar-refractivity contribution in [1.82, 2.24) is 5.32 Å². The van der Waals surface area contributed by atoms with Crippen molar-refractivity contribution in [1.29, 1.82) is 0 Å². The van der Waals surface area contributed by atoms with Gasteiger partial charge in [0.25, 0.3) is 0 Å². The van der Waals surface area contributed by atoms with Crippen molar-refractivity contribution in [3.63, 3.8) is 0 Å². The van der Waals surface area contributed by atoms with Crippen molar-refractivity contribution in [3.05, 3.63) is 51.7 Å². The average Bonchev–Trinajstić information content (AvgIpc) is 3.00. The number of rotatable bonds is 7. The molecule has 0 saturated carbocycles. The summed E-state index contributed by atoms with van der Waals surface area (Å²) in [6.07, 6.45) is 1.18. The van der Waals surface area contributed by atoms with Crippen LogP contribution in [-0.2, 0) is 6.54 Å². The molecule has 1 N–H and O–H groups in total. The van der Waals surface area contributed by atoms with Gasteiger partial charge in [0.05, 0.1) is 6.04 Å². The van der Waals surface area contributed by atoms with Crippen LogP contribution in [0.4, 0.5) is 5.69 Å². The first-order valence-electron chi connectivity index (χ1n) is 7.70. The molecule has 0 radical (unpaired) electrons. The molecule has 1 unspecified atom stereocenters. The van der Waals surface area contributed by atoms with Crippen LogP contribution >= 0.6 is 11.3 Å². The highest BCUT2D eigenvalue weighted by atomic mass is 32.1. The fraction of sp³-hybridized carbons (Fsp3) is 0.444. The zero-order valence-corrected chi connectivity index (χ0v) is 14.3. The largest absolute Gasteiger partial charge is 0.367 e. The summed E-state index contributed by atoms with van der Waals surface area (Å²) in [6, 6.07) is 11.5. The predicted octanol–water partition coefficient (Wildman–Crippen LogP) is 4.75. The first-order chi connectivity index (χ1) is 10.1. The van der Waals surface area contributed by atoms with Crippen molar-refractivity contribution in [3.8, 4) is 0 Å². The molecule has 0 aliphatic heterocycles. The van der Waals surface area contributed by atoms with Crippen molar-refractivity contribution in [2.45, 2.75) is 39.8 Å². The Labute approximate surface area is 132 Å². The number of anilines is 1. The molecule has 21 heavy (non-hydrogen) atoms. The van der Waals surface area contributed by atoms with Gasteiger partial charge in [-0.3, -0.25) is 0 Å². The highest BCUT2D eigenvalue weighted by Gasteiger charge is 2.14. The maximum atomic E-state index is 3.46. The van der Waals surface area contributed by atoms with E-state index in [0.717, 1.165) is 13.1 Å². The van der Waals surface area contributed by atoms with Crippen molar-refractivity contribution in [2.24, 2.45) is 0 Å². The lowest BCUT2D eigenvalue weighted by molar-refractivity contribution is 0.675. The molecule has 0 saturated heterocycles. The second kappa shape index (κ2) is 7.62. The van der Waals surface area contributed by atoms with Gasteiger partial charge >= 0.3 is 0 Å². The smallest absolute Gasteiger partial charge is 0.0603 e. The zero-order chi connectivity index (χ0) is 15.2. The second-order valence-electron chi connectivity index (χ2n) is 5.60. The van der Waals surface area contributed by atoms with Crippen molar-refractivity contribution in [2.75, 3.05) is 18.5 Å². The van der Waals surface area contributed by atoms with E-state index in [4.69, 9.17) is 0 Å². The number of nitrogens with one attached hydrogen (secondary N) is 1. The summed E-state index contributed by atoms with van der Waals surface area (Å²) >= 11 is 1.82. The van der Waals surface area contributed by atoms with Gasteiger partial charge in [-0.05, 0) is 55.5 Å². The summed E-state index contributed by atoms with van der Waals surface area (Å²) in [5.74, 6) is 0. The lowest BCUT2D eigenvalue weighted by atomic mass is 10.1. The summed E-state index contributed by atoms with van der Waals surface area (Å²) < 4.78 is 0. The lowest BCUT2D eigenvalue weighted by Gasteiger charge is -2.28. The van der Waals surface area contributed by atoms with Crippen LogP contribution in [0.25, 0.3) is 0 Å². The number of aryl methyl sites for hydroxylation is 1. The monoisotopic (exact) mass is 302 g/mol. The molecular weight excluding hydrogens is 276 g/mol. The summed E-state index contributed by atoms with van der Waals surface area (Å²) in [5.41, 5.74) is 4.02. The van der Waals surface area contributed by atoms with Crippen LogP contribution in [0.1, 0.15) is 42.3 Å². The Kier molecular flexibility index (Phi) is 5.83. The molecule has 1 aromatic carbocycles. The van der Waals surface area contributed by atoms with Crippen molar-refractivity contribution >= 4 is 17.0 Å². The van der Waals surface area contributed by atoms with Crippen LogP contribution in [0, 0.1) is 6.92 Å². The third kappa shape index (κ3) is 4.08. The minimum atomic E-state index is 0.410. The van der Waals surface area contributed by atoms with E-state index in [0.29, 0.717) is 6.04 Å². The minimum Gasteiger partial charge on any atom is -0.367 e. The fourth-order valence-electron chi connectivity index (χ4n) is 2.56. The molecule has 0 amide bonds. The van der Waals surface area contributed by atoms with Crippen LogP contribution in [0.5, 0.6) is 0 Å². The van der Waals surface area contributed by atoms with Gasteiger partial charge in [0.2, 0.25) is 0 Å². The van der Waals surface area contributed by atoms with E-state index in [1.807, 2.05) is 11.3 Å². The van der Waals surface area contributed by atoms with Crippen LogP contribution in [0.3, 0.4) is 0 Å². The number of nitrogens with zero attached hydrogens (tertiary/aromatic N) is 1. The molecule has 2 rings (SSSR count). The Balaban J connectivity index is 2.09. The summed E-state index contributed by atoms with van der Waals surface area (Å²) in [7, 11) is 2.18. The molecule has 2 aromatic rings. The molecule has 0 spiro atoms. The summed E-state index contributed by atoms with van der Waals surface area (Å²) in [5, 5.41) is 5.61. The molecule has 1 atom stereocenters. The third-order valence-corrected chi connectivity index (χ3v) is 4.98. The summed E-state index contributed by atoms with van der Waals surface area (Å²) in [4.78, 5) is 3.77. The summed E-state index contributed by atoms with van der Waals surface area (Å²) in [6.45, 7) is 8.70. The van der Waals surface area contributed by atoms with E-state index in [-0.39, 0.29) is 0 Å². The Morgan fingerprint density at radius 3 is 2.71 bits per heavy atom. The first-order valence-corrected chi connectivity index (χ1v) is 8.58. The molecule has 114 valence electrons. The molecule has 2 nitrogen and oxygen atoms in total. The molecule has 0 bridgehead atoms. The maximum absolute atomic E-state index is 3.46. The van der Waals surface area contributed by atoms with E-state index >= 15 is 0 Å². The van der Waals surface area contributed by atoms with Crippen LogP contribution < -0.4 is 10.2 Å². The standard InChI is InChI=1S/C18H26N2S/c1-5-10-19-13-16-8-9-17(14(2)12-16)20(4)15(3)18-7-6-11-21-18/h6-9,11-12,15,19H,5,10,13H2,1-4H3. The van der Waals surface area contributed by atoms with Crippen LogP contribution in [0.2, 0.25) is 0 Å². The normalized spacial score (nSPS) is 12.4. The molecule has 3 heteroatoms. The van der Waals surface area contributed by atoms with Gasteiger partial charge in [0.15, 0.2) is 0 Å². The molecule has 0 fully saturated rings. The minimum absolute atomic E-state index is 0.410. The first kappa shape index (κ1) is 16.1. The molecule has 1 heterocycles. The van der Waals surface area contributed by atoms with Gasteiger partial charge in [-0.15, -0.1) is 11.3 Å². The average molecular weight is 302 g/mol. The number of thiophene rings is 1. The Hall–Kier alpha value is -1.32. The van der Waals surface area contributed by atoms with Gasteiger partial charge in [0, 0.05) is 24.2 Å². The van der Waals surface area contributed by atoms with E-state index in [1.54, 1.807) is 0 Å². The lowest BCUT2D eigenvalue weighted by Crippen LogP contribution is -2.22. The predicted molar refractivity (Wildman–Crippen MR) is 94.3 cm³/mol. The topological polar surface area (TPSA) is 15.3 Å². The molecule has 0 aliphatic rings. The second-order valence-corrected chi connectivity index (χ2v) is 6.58. The third-order valence-electron chi connectivity index (χ3n) is 3.93. The van der Waals surface area contributed by atoms with E-state index < -0.39 is 0 Å². The number of hydrogen-bond donors (Lipinski definition) is 1. The van der Waals surface area contributed by atoms with E-state index in [1.165, 1.54) is 28.1 Å². The van der Waals surface area contributed by atoms with E-state index in [9.17, 15) is 0 Å². The number of hydrogen-bond acceptors (Lipinski definition) is 3. The highest BCUT2D eigenvalue weighted by Crippen LogP contribution is 2.30. The Bertz CT molecular complexity index is 548. The highest BCUT2D eigenvalue weighted by molar-refractivity contribution is 7.10. The molecule has 1 aromatic heterocycles. The van der Waals surface area contributed by atoms with Crippen LogP contribution in [0.15, 0.2) is 35.7 Å². The quantitative estimate of drug-likeness (QED) is 0.742. The Morgan fingerprint density at radius 1 is 1.29 bits per heavy atom. The van der Waals surface area contributed by atoms with Crippen molar-refractivity contribution < 1.29 is 0 Å². The van der Waals surface area contributed by atoms with Gasteiger partial charge in [0.1, 0.15) is 0 Å². The maximum Gasteiger partial charge on any atom is 0.0603 e. The van der Waals surface area contributed by atoms with E-state index in [2.05, 4.69) is 73.7 Å². The van der Waals surface area contributed by atoms with Gasteiger partial charge in [-0.1, -0.05) is 25.1 Å². The molecule has 0 aliphatic carbocycles. The number of benzene rings is 1. The van der Waals surface area contributed by atoms with Gasteiger partial charge < -0.3 is 10.2 Å². The zero-order valence-electron chi connectivity index (χ0n) is 13.5. The van der Waals surface area contributed by atoms with Gasteiger partial charge in [-0.2, -0.15) is 0 Å². The SMILES string of the molecule is CCCNCc1ccc(N(C)C(C)c2cccs2)c(C)c1.